The zero-order valence-corrected chi connectivity index (χ0v) is 19.2. The highest BCUT2D eigenvalue weighted by molar-refractivity contribution is 7.89. The normalized spacial score (nSPS) is 15.4. The number of ether oxygens (including phenoxy) is 3. The fourth-order valence-corrected chi connectivity index (χ4v) is 4.54. The molecule has 1 atom stereocenters. The molecule has 32 heavy (non-hydrogen) atoms. The van der Waals surface area contributed by atoms with Crippen LogP contribution in [0.1, 0.15) is 12.5 Å². The summed E-state index contributed by atoms with van der Waals surface area (Å²) in [5, 5.41) is 5.32. The monoisotopic (exact) mass is 463 g/mol. The van der Waals surface area contributed by atoms with Gasteiger partial charge in [-0.05, 0) is 37.6 Å². The van der Waals surface area contributed by atoms with Crippen LogP contribution < -0.4 is 24.8 Å². The molecule has 172 valence electrons. The van der Waals surface area contributed by atoms with Gasteiger partial charge >= 0.3 is 0 Å². The second-order valence-electron chi connectivity index (χ2n) is 7.24. The number of nitrogens with zero attached hydrogens (tertiary/aromatic N) is 1. The number of rotatable bonds is 7. The van der Waals surface area contributed by atoms with E-state index < -0.39 is 28.6 Å². The number of amides is 2. The minimum atomic E-state index is -4.01. The van der Waals surface area contributed by atoms with E-state index >= 15 is 0 Å². The highest BCUT2D eigenvalue weighted by atomic mass is 32.2. The molecule has 2 aromatic carbocycles. The second kappa shape index (κ2) is 9.05. The van der Waals surface area contributed by atoms with Crippen molar-refractivity contribution in [3.8, 4) is 17.2 Å². The highest BCUT2D eigenvalue weighted by Gasteiger charge is 2.30. The fourth-order valence-electron chi connectivity index (χ4n) is 3.19. The van der Waals surface area contributed by atoms with Gasteiger partial charge in [0.1, 0.15) is 5.75 Å². The summed E-state index contributed by atoms with van der Waals surface area (Å²) in [5.41, 5.74) is 1.24. The number of carbonyl (C=O) groups is 2. The molecule has 0 unspecified atom stereocenters. The predicted octanol–water partition coefficient (Wildman–Crippen LogP) is 1.99. The number of carbonyl (C=O) groups excluding carboxylic acids is 2. The molecule has 1 aliphatic heterocycles. The summed E-state index contributed by atoms with van der Waals surface area (Å²) in [7, 11) is 0.274. The van der Waals surface area contributed by atoms with Gasteiger partial charge in [-0.3, -0.25) is 9.59 Å². The Hall–Kier alpha value is -3.31. The number of sulfonamides is 1. The van der Waals surface area contributed by atoms with Gasteiger partial charge in [-0.2, -0.15) is 4.31 Å². The third-order valence-corrected chi connectivity index (χ3v) is 6.88. The molecule has 1 heterocycles. The molecule has 0 saturated carbocycles. The molecule has 2 aromatic rings. The van der Waals surface area contributed by atoms with Crippen molar-refractivity contribution in [2.75, 3.05) is 38.4 Å². The number of likely N-dealkylation sites (N-methyl/N-ethyl adjacent to an activating group) is 1. The van der Waals surface area contributed by atoms with Gasteiger partial charge in [0, 0.05) is 24.9 Å². The number of aryl methyl sites for hydroxylation is 1. The Morgan fingerprint density at radius 1 is 1.19 bits per heavy atom. The lowest BCUT2D eigenvalue weighted by Gasteiger charge is -2.25. The number of fused-ring (bicyclic) bond motifs is 1. The SMILES string of the molecule is COc1ccc(NC(=O)CN(C)S(=O)(=O)c2cc3c(cc2C)NC(=O)[C@H](C)O3)cc1OC. The van der Waals surface area contributed by atoms with Crippen molar-refractivity contribution in [1.29, 1.82) is 0 Å². The van der Waals surface area contributed by atoms with Crippen LogP contribution in [0.5, 0.6) is 17.2 Å². The molecule has 0 fully saturated rings. The molecule has 0 saturated heterocycles. The van der Waals surface area contributed by atoms with Crippen molar-refractivity contribution in [2.45, 2.75) is 24.8 Å². The topological polar surface area (TPSA) is 123 Å². The lowest BCUT2D eigenvalue weighted by Crippen LogP contribution is -2.36. The zero-order valence-electron chi connectivity index (χ0n) is 18.4. The van der Waals surface area contributed by atoms with Crippen molar-refractivity contribution >= 4 is 33.2 Å². The van der Waals surface area contributed by atoms with Crippen LogP contribution in [-0.4, -0.2) is 58.5 Å². The van der Waals surface area contributed by atoms with E-state index in [4.69, 9.17) is 14.2 Å². The van der Waals surface area contributed by atoms with Crippen molar-refractivity contribution in [3.05, 3.63) is 35.9 Å². The summed E-state index contributed by atoms with van der Waals surface area (Å²) >= 11 is 0. The van der Waals surface area contributed by atoms with Gasteiger partial charge in [-0.1, -0.05) is 0 Å². The van der Waals surface area contributed by atoms with Crippen LogP contribution in [0.4, 0.5) is 11.4 Å². The minimum Gasteiger partial charge on any atom is -0.493 e. The summed E-state index contributed by atoms with van der Waals surface area (Å²) in [6.45, 7) is 2.76. The maximum atomic E-state index is 13.1. The van der Waals surface area contributed by atoms with Gasteiger partial charge in [-0.25, -0.2) is 8.42 Å². The summed E-state index contributed by atoms with van der Waals surface area (Å²) < 4.78 is 43.1. The summed E-state index contributed by atoms with van der Waals surface area (Å²) in [6.07, 6.45) is -0.745. The quantitative estimate of drug-likeness (QED) is 0.644. The summed E-state index contributed by atoms with van der Waals surface area (Å²) in [4.78, 5) is 24.3. The molecule has 2 amide bonds. The van der Waals surface area contributed by atoms with Crippen LogP contribution in [0.3, 0.4) is 0 Å². The Morgan fingerprint density at radius 3 is 2.53 bits per heavy atom. The van der Waals surface area contributed by atoms with Crippen molar-refractivity contribution < 1.29 is 32.2 Å². The van der Waals surface area contributed by atoms with E-state index in [1.807, 2.05) is 0 Å². The lowest BCUT2D eigenvalue weighted by atomic mass is 10.1. The number of anilines is 2. The molecular weight excluding hydrogens is 438 g/mol. The standard InChI is InChI=1S/C21H25N3O7S/c1-12-8-15-17(31-13(2)21(26)23-15)10-19(12)32(27,28)24(3)11-20(25)22-14-6-7-16(29-4)18(9-14)30-5/h6-10,13H,11H2,1-5H3,(H,22,25)(H,23,26)/t13-/m0/s1. The molecule has 0 aromatic heterocycles. The summed E-state index contributed by atoms with van der Waals surface area (Å²) in [5.74, 6) is 0.343. The van der Waals surface area contributed by atoms with Gasteiger partial charge in [0.25, 0.3) is 5.91 Å². The van der Waals surface area contributed by atoms with Gasteiger partial charge in [0.15, 0.2) is 17.6 Å². The Balaban J connectivity index is 1.77. The average molecular weight is 464 g/mol. The Labute approximate surface area is 186 Å². The first-order valence-corrected chi connectivity index (χ1v) is 11.1. The number of nitrogens with one attached hydrogen (secondary N) is 2. The first-order chi connectivity index (χ1) is 15.1. The molecule has 1 aliphatic rings. The van der Waals surface area contributed by atoms with Crippen molar-refractivity contribution in [2.24, 2.45) is 0 Å². The van der Waals surface area contributed by atoms with Crippen LogP contribution in [0.25, 0.3) is 0 Å². The Morgan fingerprint density at radius 2 is 1.88 bits per heavy atom. The van der Waals surface area contributed by atoms with Crippen LogP contribution in [-0.2, 0) is 19.6 Å². The van der Waals surface area contributed by atoms with Gasteiger partial charge in [0.2, 0.25) is 15.9 Å². The van der Waals surface area contributed by atoms with E-state index in [1.165, 1.54) is 33.4 Å². The van der Waals surface area contributed by atoms with E-state index in [-0.39, 0.29) is 16.6 Å². The van der Waals surface area contributed by atoms with Gasteiger partial charge < -0.3 is 24.8 Å². The highest BCUT2D eigenvalue weighted by Crippen LogP contribution is 2.35. The average Bonchev–Trinajstić information content (AvgIpc) is 2.74. The van der Waals surface area contributed by atoms with E-state index in [2.05, 4.69) is 10.6 Å². The predicted molar refractivity (Wildman–Crippen MR) is 118 cm³/mol. The van der Waals surface area contributed by atoms with Crippen LogP contribution >= 0.6 is 0 Å². The maximum absolute atomic E-state index is 13.1. The molecular formula is C21H25N3O7S. The third-order valence-electron chi connectivity index (χ3n) is 4.93. The van der Waals surface area contributed by atoms with Gasteiger partial charge in [-0.15, -0.1) is 0 Å². The zero-order chi connectivity index (χ0) is 23.6. The van der Waals surface area contributed by atoms with Gasteiger partial charge in [0.05, 0.1) is 31.3 Å². The molecule has 0 bridgehead atoms. The molecule has 2 N–H and O–H groups in total. The number of methoxy groups -OCH3 is 2. The van der Waals surface area contributed by atoms with E-state index in [0.29, 0.717) is 28.4 Å². The van der Waals surface area contributed by atoms with Crippen molar-refractivity contribution in [3.63, 3.8) is 0 Å². The molecule has 0 aliphatic carbocycles. The van der Waals surface area contributed by atoms with E-state index in [1.54, 1.807) is 32.0 Å². The summed E-state index contributed by atoms with van der Waals surface area (Å²) in [6, 6.07) is 7.72. The number of benzene rings is 2. The first kappa shape index (κ1) is 23.4. The van der Waals surface area contributed by atoms with Crippen LogP contribution in [0.15, 0.2) is 35.2 Å². The molecule has 10 nitrogen and oxygen atoms in total. The molecule has 0 spiro atoms. The van der Waals surface area contributed by atoms with Crippen LogP contribution in [0.2, 0.25) is 0 Å². The molecule has 3 rings (SSSR count). The maximum Gasteiger partial charge on any atom is 0.265 e. The number of hydrogen-bond acceptors (Lipinski definition) is 7. The first-order valence-electron chi connectivity index (χ1n) is 9.67. The Kier molecular flexibility index (Phi) is 6.60. The third kappa shape index (κ3) is 4.63. The van der Waals surface area contributed by atoms with Crippen molar-refractivity contribution in [1.82, 2.24) is 4.31 Å². The fraction of sp³-hybridized carbons (Fsp3) is 0.333. The van der Waals surface area contributed by atoms with Crippen LogP contribution in [0, 0.1) is 6.92 Å². The number of hydrogen-bond donors (Lipinski definition) is 2. The minimum absolute atomic E-state index is 0.0129. The Bertz CT molecular complexity index is 1160. The largest absolute Gasteiger partial charge is 0.493 e. The van der Waals surface area contributed by atoms with E-state index in [9.17, 15) is 18.0 Å². The smallest absolute Gasteiger partial charge is 0.265 e. The second-order valence-corrected chi connectivity index (χ2v) is 9.26. The van der Waals surface area contributed by atoms with E-state index in [0.717, 1.165) is 4.31 Å². The lowest BCUT2D eigenvalue weighted by molar-refractivity contribution is -0.122. The molecule has 11 heteroatoms. The molecule has 0 radical (unpaired) electrons.